The van der Waals surface area contributed by atoms with Gasteiger partial charge in [-0.25, -0.2) is 0 Å². The quantitative estimate of drug-likeness (QED) is 0.420. The van der Waals surface area contributed by atoms with Gasteiger partial charge in [-0.2, -0.15) is 0 Å². The van der Waals surface area contributed by atoms with E-state index in [1.807, 2.05) is 34.6 Å². The Kier molecular flexibility index (Phi) is 9.48. The molecule has 0 spiro atoms. The van der Waals surface area contributed by atoms with Crippen molar-refractivity contribution in [3.05, 3.63) is 0 Å². The minimum atomic E-state index is -0.887. The summed E-state index contributed by atoms with van der Waals surface area (Å²) in [7, 11) is 0. The fourth-order valence-corrected chi connectivity index (χ4v) is 4.59. The van der Waals surface area contributed by atoms with Crippen LogP contribution in [0.2, 0.25) is 0 Å². The van der Waals surface area contributed by atoms with Crippen molar-refractivity contribution in [3.63, 3.8) is 0 Å². The Hall–Kier alpha value is -1.71. The lowest BCUT2D eigenvalue weighted by Gasteiger charge is -2.48. The van der Waals surface area contributed by atoms with Crippen LogP contribution < -0.4 is 0 Å². The summed E-state index contributed by atoms with van der Waals surface area (Å²) in [5.74, 6) is -1.56. The predicted molar refractivity (Wildman–Crippen MR) is 113 cm³/mol. The molecule has 0 amide bonds. The molecule has 0 aromatic heterocycles. The van der Waals surface area contributed by atoms with Crippen LogP contribution in [0.25, 0.3) is 0 Å². The van der Waals surface area contributed by atoms with E-state index < -0.39 is 42.6 Å². The summed E-state index contributed by atoms with van der Waals surface area (Å²) >= 11 is 0. The minimum absolute atomic E-state index is 0.0469. The van der Waals surface area contributed by atoms with E-state index in [1.165, 1.54) is 20.8 Å². The van der Waals surface area contributed by atoms with E-state index in [-0.39, 0.29) is 42.5 Å². The molecule has 2 saturated heterocycles. The van der Waals surface area contributed by atoms with Crippen LogP contribution in [0.5, 0.6) is 0 Å². The summed E-state index contributed by atoms with van der Waals surface area (Å²) in [4.78, 5) is 34.8. The van der Waals surface area contributed by atoms with Gasteiger partial charge in [0.15, 0.2) is 12.4 Å². The summed E-state index contributed by atoms with van der Waals surface area (Å²) in [5.41, 5.74) is 0. The number of rotatable bonds is 7. The first-order valence-corrected chi connectivity index (χ1v) is 11.4. The van der Waals surface area contributed by atoms with E-state index in [4.69, 9.17) is 28.4 Å². The fraction of sp³-hybridized carbons (Fsp3) is 0.870. The lowest BCUT2D eigenvalue weighted by molar-refractivity contribution is -0.321. The average Bonchev–Trinajstić information content (AvgIpc) is 2.70. The maximum atomic E-state index is 11.8. The van der Waals surface area contributed by atoms with Crippen LogP contribution in [-0.2, 0) is 42.8 Å². The van der Waals surface area contributed by atoms with E-state index in [2.05, 4.69) is 0 Å². The van der Waals surface area contributed by atoms with Crippen LogP contribution in [0, 0.1) is 17.8 Å². The van der Waals surface area contributed by atoms with E-state index in [9.17, 15) is 14.4 Å². The summed E-state index contributed by atoms with van der Waals surface area (Å²) in [6.45, 7) is 13.9. The number of ether oxygens (including phenoxy) is 6. The minimum Gasteiger partial charge on any atom is -0.463 e. The first-order chi connectivity index (χ1) is 15.0. The SMILES string of the molecule is CCC1O[C@@H](C)C(OC(C)=O)[C@@H](C)[C@@H]1O[C@@H]1OC(COC(C)=O)[C@H](C)[C@H](C)C1OC(C)=O. The molecule has 0 saturated carbocycles. The van der Waals surface area contributed by atoms with Crippen molar-refractivity contribution in [1.82, 2.24) is 0 Å². The maximum Gasteiger partial charge on any atom is 0.303 e. The fourth-order valence-electron chi connectivity index (χ4n) is 4.59. The van der Waals surface area contributed by atoms with Gasteiger partial charge < -0.3 is 28.4 Å². The lowest BCUT2D eigenvalue weighted by Crippen LogP contribution is -2.59. The van der Waals surface area contributed by atoms with Gasteiger partial charge in [0.25, 0.3) is 0 Å². The number of carbonyl (C=O) groups is 3. The van der Waals surface area contributed by atoms with Crippen LogP contribution in [0.15, 0.2) is 0 Å². The van der Waals surface area contributed by atoms with E-state index in [1.54, 1.807) is 0 Å². The second-order valence-corrected chi connectivity index (χ2v) is 8.96. The van der Waals surface area contributed by atoms with Crippen molar-refractivity contribution in [2.24, 2.45) is 17.8 Å². The highest BCUT2D eigenvalue weighted by Gasteiger charge is 2.49. The van der Waals surface area contributed by atoms with E-state index in [0.29, 0.717) is 6.42 Å². The molecule has 0 bridgehead atoms. The van der Waals surface area contributed by atoms with Crippen molar-refractivity contribution in [2.75, 3.05) is 6.61 Å². The third-order valence-electron chi connectivity index (χ3n) is 6.51. The van der Waals surface area contributed by atoms with Gasteiger partial charge in [0.2, 0.25) is 0 Å². The first-order valence-electron chi connectivity index (χ1n) is 11.4. The third kappa shape index (κ3) is 6.42. The van der Waals surface area contributed by atoms with Crippen molar-refractivity contribution in [3.8, 4) is 0 Å². The van der Waals surface area contributed by atoms with Gasteiger partial charge in [-0.15, -0.1) is 0 Å². The third-order valence-corrected chi connectivity index (χ3v) is 6.51. The Morgan fingerprint density at radius 2 is 1.31 bits per heavy atom. The zero-order chi connectivity index (χ0) is 24.2. The molecule has 2 heterocycles. The topological polar surface area (TPSA) is 107 Å². The van der Waals surface area contributed by atoms with Crippen molar-refractivity contribution in [2.45, 2.75) is 105 Å². The van der Waals surface area contributed by atoms with E-state index in [0.717, 1.165) is 0 Å². The maximum absolute atomic E-state index is 11.8. The monoisotopic (exact) mass is 458 g/mol. The van der Waals surface area contributed by atoms with Gasteiger partial charge >= 0.3 is 17.9 Å². The molecule has 2 rings (SSSR count). The van der Waals surface area contributed by atoms with Crippen molar-refractivity contribution in [1.29, 1.82) is 0 Å². The predicted octanol–water partition coefficient (Wildman–Crippen LogP) is 2.63. The average molecular weight is 459 g/mol. The highest BCUT2D eigenvalue weighted by Crippen LogP contribution is 2.38. The Morgan fingerprint density at radius 1 is 0.719 bits per heavy atom. The molecule has 2 aliphatic rings. The summed E-state index contributed by atoms with van der Waals surface area (Å²) in [6, 6.07) is 0. The molecule has 2 fully saturated rings. The summed E-state index contributed by atoms with van der Waals surface area (Å²) in [6.07, 6.45) is -2.76. The van der Waals surface area contributed by atoms with Crippen LogP contribution in [-0.4, -0.2) is 67.4 Å². The summed E-state index contributed by atoms with van der Waals surface area (Å²) < 4.78 is 35.0. The van der Waals surface area contributed by atoms with Crippen LogP contribution >= 0.6 is 0 Å². The molecule has 2 aliphatic heterocycles. The largest absolute Gasteiger partial charge is 0.463 e. The molecule has 9 nitrogen and oxygen atoms in total. The zero-order valence-electron chi connectivity index (χ0n) is 20.4. The number of hydrogen-bond acceptors (Lipinski definition) is 9. The number of carbonyl (C=O) groups excluding carboxylic acids is 3. The smallest absolute Gasteiger partial charge is 0.303 e. The highest BCUT2D eigenvalue weighted by atomic mass is 16.7. The molecule has 32 heavy (non-hydrogen) atoms. The number of hydrogen-bond donors (Lipinski definition) is 0. The second kappa shape index (κ2) is 11.4. The molecule has 10 atom stereocenters. The Morgan fingerprint density at radius 3 is 1.84 bits per heavy atom. The standard InChI is InChI=1S/C23H38O9/c1-9-18-21(13(4)20(14(5)28-18)29-16(7)25)32-23-22(30-17(8)26)12(3)11(2)19(31-23)10-27-15(6)24/h11-14,18-23H,9-10H2,1-8H3/t11-,12+,13-,14+,18?,19?,20?,21+,22?,23+/m1/s1. The molecule has 184 valence electrons. The molecule has 0 N–H and O–H groups in total. The Labute approximate surface area is 190 Å². The second-order valence-electron chi connectivity index (χ2n) is 8.96. The molecule has 0 radical (unpaired) electrons. The molecule has 0 aromatic rings. The first kappa shape index (κ1) is 26.5. The molecule has 0 aliphatic carbocycles. The lowest BCUT2D eigenvalue weighted by atomic mass is 9.83. The van der Waals surface area contributed by atoms with Crippen LogP contribution in [0.4, 0.5) is 0 Å². The number of esters is 3. The van der Waals surface area contributed by atoms with E-state index >= 15 is 0 Å². The van der Waals surface area contributed by atoms with Gasteiger partial charge in [-0.3, -0.25) is 14.4 Å². The van der Waals surface area contributed by atoms with Gasteiger partial charge in [0, 0.05) is 32.6 Å². The van der Waals surface area contributed by atoms with Crippen molar-refractivity contribution < 1.29 is 42.8 Å². The van der Waals surface area contributed by atoms with Gasteiger partial charge in [0.05, 0.1) is 24.4 Å². The van der Waals surface area contributed by atoms with Gasteiger partial charge in [-0.1, -0.05) is 27.7 Å². The molecule has 9 heteroatoms. The van der Waals surface area contributed by atoms with Crippen LogP contribution in [0.1, 0.15) is 61.8 Å². The molecular weight excluding hydrogens is 420 g/mol. The van der Waals surface area contributed by atoms with Crippen LogP contribution in [0.3, 0.4) is 0 Å². The Bertz CT molecular complexity index is 664. The molecule has 4 unspecified atom stereocenters. The normalized spacial score (nSPS) is 39.8. The molecular formula is C23H38O9. The summed E-state index contributed by atoms with van der Waals surface area (Å²) in [5, 5.41) is 0. The Balaban J connectivity index is 2.28. The van der Waals surface area contributed by atoms with Gasteiger partial charge in [-0.05, 0) is 19.3 Å². The van der Waals surface area contributed by atoms with Crippen molar-refractivity contribution >= 4 is 17.9 Å². The molecule has 0 aromatic carbocycles. The highest BCUT2D eigenvalue weighted by molar-refractivity contribution is 5.66. The van der Waals surface area contributed by atoms with Gasteiger partial charge in [0.1, 0.15) is 12.7 Å². The zero-order valence-corrected chi connectivity index (χ0v) is 20.4.